The second kappa shape index (κ2) is 7.71. The van der Waals surface area contributed by atoms with Crippen molar-refractivity contribution in [2.45, 2.75) is 12.5 Å². The molecule has 1 unspecified atom stereocenters. The number of fused-ring (bicyclic) bond motifs is 4. The summed E-state index contributed by atoms with van der Waals surface area (Å²) in [6.07, 6.45) is 6.00. The molecule has 0 saturated heterocycles. The highest BCUT2D eigenvalue weighted by Gasteiger charge is 2.54. The number of hydrogen-bond donors (Lipinski definition) is 1. The summed E-state index contributed by atoms with van der Waals surface area (Å²) in [4.78, 5) is 23.0. The third kappa shape index (κ3) is 3.26. The molecule has 4 rings (SSSR count). The van der Waals surface area contributed by atoms with E-state index < -0.39 is 11.5 Å². The molecule has 8 heteroatoms. The van der Waals surface area contributed by atoms with Gasteiger partial charge in [0.05, 0.1) is 7.11 Å². The van der Waals surface area contributed by atoms with Crippen LogP contribution >= 0.6 is 0 Å². The second-order valence-corrected chi connectivity index (χ2v) is 7.04. The third-order valence-corrected chi connectivity index (χ3v) is 5.19. The minimum absolute atomic E-state index is 0.0858. The number of guanidine groups is 1. The van der Waals surface area contributed by atoms with Gasteiger partial charge >= 0.3 is 0 Å². The Hall–Kier alpha value is -3.94. The molecule has 1 spiro atoms. The lowest BCUT2D eigenvalue weighted by Gasteiger charge is -2.33. The van der Waals surface area contributed by atoms with E-state index >= 15 is 0 Å². The van der Waals surface area contributed by atoms with Gasteiger partial charge in [-0.25, -0.2) is 9.98 Å². The molecule has 0 radical (unpaired) electrons. The lowest BCUT2D eigenvalue weighted by atomic mass is 9.79. The standard InChI is InChI=1S/C23H21FN4O3/c1-4-5-10-26-20(24)12-14-6-9-18-17(11-14)23(21(29)28(2)22(25)27-23)16-8-7-15(30-3)13-19(16)31-18/h4-13H,1-3H3,(H2,25,27). The molecule has 31 heavy (non-hydrogen) atoms. The summed E-state index contributed by atoms with van der Waals surface area (Å²) in [6.45, 7) is 1.81. The predicted octanol–water partition coefficient (Wildman–Crippen LogP) is 3.75. The van der Waals surface area contributed by atoms with E-state index in [0.717, 1.165) is 0 Å². The zero-order chi connectivity index (χ0) is 22.2. The molecule has 0 bridgehead atoms. The maximum atomic E-state index is 14.2. The number of ether oxygens (including phenoxy) is 2. The number of carbonyl (C=O) groups excluding carboxylic acids is 1. The Morgan fingerprint density at radius 2 is 2.06 bits per heavy atom. The Bertz CT molecular complexity index is 1190. The lowest BCUT2D eigenvalue weighted by molar-refractivity contribution is -0.129. The Balaban J connectivity index is 1.90. The summed E-state index contributed by atoms with van der Waals surface area (Å²) in [5.41, 5.74) is 6.11. The van der Waals surface area contributed by atoms with Crippen LogP contribution in [0.15, 0.2) is 64.5 Å². The average molecular weight is 420 g/mol. The van der Waals surface area contributed by atoms with Gasteiger partial charge in [-0.3, -0.25) is 9.69 Å². The topological polar surface area (TPSA) is 89.5 Å². The molecule has 1 atom stereocenters. The van der Waals surface area contributed by atoms with Gasteiger partial charge in [-0.2, -0.15) is 4.39 Å². The highest BCUT2D eigenvalue weighted by molar-refractivity contribution is 6.10. The first-order valence-electron chi connectivity index (χ1n) is 9.57. The molecule has 2 N–H and O–H groups in total. The highest BCUT2D eigenvalue weighted by atomic mass is 19.1. The lowest BCUT2D eigenvalue weighted by Crippen LogP contribution is -2.42. The van der Waals surface area contributed by atoms with Crippen molar-refractivity contribution in [3.05, 3.63) is 71.2 Å². The molecule has 0 aliphatic carbocycles. The maximum Gasteiger partial charge on any atom is 0.266 e. The van der Waals surface area contributed by atoms with Gasteiger partial charge in [-0.15, -0.1) is 0 Å². The van der Waals surface area contributed by atoms with Crippen LogP contribution < -0.4 is 15.2 Å². The minimum atomic E-state index is -1.43. The summed E-state index contributed by atoms with van der Waals surface area (Å²) < 4.78 is 25.5. The molecule has 2 heterocycles. The molecular formula is C23H21FN4O3. The fourth-order valence-electron chi connectivity index (χ4n) is 3.65. The van der Waals surface area contributed by atoms with E-state index in [-0.39, 0.29) is 11.9 Å². The Kier molecular flexibility index (Phi) is 5.06. The Morgan fingerprint density at radius 1 is 1.26 bits per heavy atom. The summed E-state index contributed by atoms with van der Waals surface area (Å²) >= 11 is 0. The van der Waals surface area contributed by atoms with E-state index in [2.05, 4.69) is 9.98 Å². The third-order valence-electron chi connectivity index (χ3n) is 5.19. The zero-order valence-corrected chi connectivity index (χ0v) is 17.3. The minimum Gasteiger partial charge on any atom is -0.497 e. The summed E-state index contributed by atoms with van der Waals surface area (Å²) in [5, 5.41) is 0. The van der Waals surface area contributed by atoms with Crippen LogP contribution in [-0.2, 0) is 10.3 Å². The molecule has 0 saturated carbocycles. The smallest absolute Gasteiger partial charge is 0.266 e. The number of benzene rings is 2. The van der Waals surface area contributed by atoms with Crippen LogP contribution in [0.2, 0.25) is 0 Å². The van der Waals surface area contributed by atoms with Gasteiger partial charge in [0.1, 0.15) is 17.2 Å². The monoisotopic (exact) mass is 420 g/mol. The molecule has 2 aliphatic heterocycles. The van der Waals surface area contributed by atoms with E-state index in [1.54, 1.807) is 62.7 Å². The number of allylic oxidation sites excluding steroid dienone is 2. The number of hydrogen-bond acceptors (Lipinski definition) is 6. The van der Waals surface area contributed by atoms with Crippen LogP contribution in [0.4, 0.5) is 4.39 Å². The Labute approximate surface area is 179 Å². The van der Waals surface area contributed by atoms with Crippen molar-refractivity contribution in [3.63, 3.8) is 0 Å². The number of nitrogens with two attached hydrogens (primary N) is 1. The number of amides is 1. The van der Waals surface area contributed by atoms with Crippen molar-refractivity contribution >= 4 is 24.2 Å². The number of halogens is 1. The Morgan fingerprint density at radius 3 is 2.74 bits per heavy atom. The average Bonchev–Trinajstić information content (AvgIpc) is 2.99. The van der Waals surface area contributed by atoms with E-state index in [9.17, 15) is 9.18 Å². The van der Waals surface area contributed by atoms with Crippen LogP contribution in [0, 0.1) is 0 Å². The van der Waals surface area contributed by atoms with Gasteiger partial charge < -0.3 is 15.2 Å². The first-order valence-corrected chi connectivity index (χ1v) is 9.57. The van der Waals surface area contributed by atoms with Crippen molar-refractivity contribution in [2.75, 3.05) is 14.2 Å². The molecule has 7 nitrogen and oxygen atoms in total. The first-order chi connectivity index (χ1) is 14.9. The van der Waals surface area contributed by atoms with E-state index in [1.807, 2.05) is 6.92 Å². The summed E-state index contributed by atoms with van der Waals surface area (Å²) in [5.74, 6) is 0.533. The van der Waals surface area contributed by atoms with Crippen molar-refractivity contribution in [1.82, 2.24) is 4.90 Å². The number of nitrogens with zero attached hydrogens (tertiary/aromatic N) is 3. The SMILES string of the molecule is CC=CC=NC(F)=Cc1ccc2c(c1)C1(N=C(N)N(C)C1=O)c1ccc(OC)cc1O2. The molecule has 2 aromatic rings. The fourth-order valence-corrected chi connectivity index (χ4v) is 3.65. The summed E-state index contributed by atoms with van der Waals surface area (Å²) in [6, 6.07) is 10.2. The number of likely N-dealkylation sites (N-methyl/N-ethyl adjacent to an activating group) is 1. The molecule has 2 aromatic carbocycles. The first kappa shape index (κ1) is 20.3. The van der Waals surface area contributed by atoms with Gasteiger partial charge in [-0.1, -0.05) is 12.1 Å². The molecule has 0 fully saturated rings. The van der Waals surface area contributed by atoms with Crippen LogP contribution in [0.5, 0.6) is 17.2 Å². The summed E-state index contributed by atoms with van der Waals surface area (Å²) in [7, 11) is 3.11. The van der Waals surface area contributed by atoms with Crippen LogP contribution in [0.1, 0.15) is 23.6 Å². The van der Waals surface area contributed by atoms with Crippen LogP contribution in [0.3, 0.4) is 0 Å². The van der Waals surface area contributed by atoms with Gasteiger partial charge in [-0.05, 0) is 42.8 Å². The number of aliphatic imine (C=N–C) groups is 2. The van der Waals surface area contributed by atoms with E-state index in [1.165, 1.54) is 17.2 Å². The highest BCUT2D eigenvalue weighted by Crippen LogP contribution is 2.52. The number of rotatable bonds is 4. The van der Waals surface area contributed by atoms with Gasteiger partial charge in [0.2, 0.25) is 11.5 Å². The van der Waals surface area contributed by atoms with Crippen LogP contribution in [0.25, 0.3) is 6.08 Å². The van der Waals surface area contributed by atoms with Gasteiger partial charge in [0.25, 0.3) is 5.91 Å². The number of methoxy groups -OCH3 is 1. The molecule has 2 aliphatic rings. The van der Waals surface area contributed by atoms with E-state index in [4.69, 9.17) is 15.2 Å². The van der Waals surface area contributed by atoms with Crippen molar-refractivity contribution in [2.24, 2.45) is 15.7 Å². The fraction of sp³-hybridized carbons (Fsp3) is 0.174. The second-order valence-electron chi connectivity index (χ2n) is 7.04. The van der Waals surface area contributed by atoms with Crippen molar-refractivity contribution in [3.8, 4) is 17.2 Å². The molecule has 0 aromatic heterocycles. The molecular weight excluding hydrogens is 399 g/mol. The maximum absolute atomic E-state index is 14.2. The predicted molar refractivity (Wildman–Crippen MR) is 117 cm³/mol. The van der Waals surface area contributed by atoms with E-state index in [0.29, 0.717) is 33.9 Å². The molecule has 158 valence electrons. The zero-order valence-electron chi connectivity index (χ0n) is 17.3. The van der Waals surface area contributed by atoms with Crippen molar-refractivity contribution < 1.29 is 18.7 Å². The number of carbonyl (C=O) groups is 1. The quantitative estimate of drug-likeness (QED) is 0.603. The molecule has 1 amide bonds. The normalized spacial score (nSPS) is 20.3. The van der Waals surface area contributed by atoms with Crippen molar-refractivity contribution in [1.29, 1.82) is 0 Å². The van der Waals surface area contributed by atoms with Gasteiger partial charge in [0.15, 0.2) is 5.96 Å². The van der Waals surface area contributed by atoms with Gasteiger partial charge in [0, 0.05) is 36.5 Å². The largest absolute Gasteiger partial charge is 0.497 e. The van der Waals surface area contributed by atoms with Crippen LogP contribution in [-0.4, -0.2) is 37.1 Å².